The largest absolute Gasteiger partial charge is 0.303 e. The molecule has 0 saturated carbocycles. The second kappa shape index (κ2) is 4.10. The van der Waals surface area contributed by atoms with E-state index < -0.39 is 0 Å². The van der Waals surface area contributed by atoms with Gasteiger partial charge < -0.3 is 4.79 Å². The molecule has 0 aliphatic carbocycles. The lowest BCUT2D eigenvalue weighted by Gasteiger charge is -1.99. The first-order valence-corrected chi connectivity index (χ1v) is 4.77. The topological polar surface area (TPSA) is 17.1 Å². The summed E-state index contributed by atoms with van der Waals surface area (Å²) in [5.74, 6) is 0.120. The van der Waals surface area contributed by atoms with Crippen molar-refractivity contribution in [1.29, 1.82) is 0 Å². The van der Waals surface area contributed by atoms with Crippen LogP contribution in [0.1, 0.15) is 10.8 Å². The second-order valence-corrected chi connectivity index (χ2v) is 4.09. The molecule has 0 spiro atoms. The molecule has 1 aromatic heterocycles. The Bertz CT molecular complexity index is 246. The van der Waals surface area contributed by atoms with E-state index in [1.807, 2.05) is 6.07 Å². The standard InChI is InChI=1S/C7H6Cl2OS/c8-3-5(4-10)6-1-2-7(9)11-6/h1-2,4-5H,3H2. The zero-order chi connectivity index (χ0) is 8.27. The Morgan fingerprint density at radius 1 is 1.64 bits per heavy atom. The number of alkyl halides is 1. The lowest BCUT2D eigenvalue weighted by molar-refractivity contribution is -0.108. The molecular weight excluding hydrogens is 203 g/mol. The quantitative estimate of drug-likeness (QED) is 0.552. The van der Waals surface area contributed by atoms with Crippen molar-refractivity contribution in [3.63, 3.8) is 0 Å². The minimum Gasteiger partial charge on any atom is -0.303 e. The highest BCUT2D eigenvalue weighted by atomic mass is 35.5. The number of aldehydes is 1. The van der Waals surface area contributed by atoms with Gasteiger partial charge in [-0.25, -0.2) is 0 Å². The Morgan fingerprint density at radius 3 is 2.73 bits per heavy atom. The Labute approximate surface area is 78.9 Å². The highest BCUT2D eigenvalue weighted by Gasteiger charge is 2.10. The first kappa shape index (κ1) is 9.04. The van der Waals surface area contributed by atoms with Crippen LogP contribution in [0.25, 0.3) is 0 Å². The van der Waals surface area contributed by atoms with Gasteiger partial charge in [0.2, 0.25) is 0 Å². The van der Waals surface area contributed by atoms with Crippen LogP contribution in [0.4, 0.5) is 0 Å². The molecule has 1 unspecified atom stereocenters. The third-order valence-corrected chi connectivity index (χ3v) is 2.99. The van der Waals surface area contributed by atoms with Gasteiger partial charge in [-0.05, 0) is 12.1 Å². The van der Waals surface area contributed by atoms with Crippen LogP contribution >= 0.6 is 34.5 Å². The number of halogens is 2. The van der Waals surface area contributed by atoms with Gasteiger partial charge in [0.1, 0.15) is 6.29 Å². The predicted octanol–water partition coefficient (Wildman–Crippen LogP) is 2.92. The van der Waals surface area contributed by atoms with E-state index in [0.717, 1.165) is 11.2 Å². The molecule has 1 heterocycles. The van der Waals surface area contributed by atoms with Crippen LogP contribution < -0.4 is 0 Å². The summed E-state index contributed by atoms with van der Waals surface area (Å²) < 4.78 is 0.692. The van der Waals surface area contributed by atoms with Gasteiger partial charge in [0.05, 0.1) is 10.3 Å². The van der Waals surface area contributed by atoms with Crippen molar-refractivity contribution in [3.05, 3.63) is 21.3 Å². The Balaban J connectivity index is 2.81. The van der Waals surface area contributed by atoms with Crippen molar-refractivity contribution in [2.24, 2.45) is 0 Å². The molecule has 11 heavy (non-hydrogen) atoms. The smallest absolute Gasteiger partial charge is 0.129 e. The third-order valence-electron chi connectivity index (χ3n) is 1.29. The fourth-order valence-corrected chi connectivity index (χ4v) is 2.16. The maximum absolute atomic E-state index is 10.4. The normalized spacial score (nSPS) is 12.9. The lowest BCUT2D eigenvalue weighted by Crippen LogP contribution is -1.97. The number of hydrogen-bond acceptors (Lipinski definition) is 2. The summed E-state index contributed by atoms with van der Waals surface area (Å²) in [5, 5.41) is 0. The molecule has 1 aromatic rings. The van der Waals surface area contributed by atoms with E-state index in [-0.39, 0.29) is 5.92 Å². The molecule has 4 heteroatoms. The van der Waals surface area contributed by atoms with Gasteiger partial charge in [-0.3, -0.25) is 0 Å². The maximum atomic E-state index is 10.4. The SMILES string of the molecule is O=CC(CCl)c1ccc(Cl)s1. The molecule has 1 nitrogen and oxygen atoms in total. The van der Waals surface area contributed by atoms with Crippen molar-refractivity contribution >= 4 is 40.8 Å². The number of thiophene rings is 1. The van der Waals surface area contributed by atoms with Gasteiger partial charge in [-0.1, -0.05) is 11.6 Å². The molecule has 0 aliphatic rings. The summed E-state index contributed by atoms with van der Waals surface area (Å²) in [6.45, 7) is 0. The molecule has 0 radical (unpaired) electrons. The number of rotatable bonds is 3. The third kappa shape index (κ3) is 2.19. The summed E-state index contributed by atoms with van der Waals surface area (Å²) in [4.78, 5) is 11.4. The van der Waals surface area contributed by atoms with E-state index in [0.29, 0.717) is 10.2 Å². The monoisotopic (exact) mass is 208 g/mol. The van der Waals surface area contributed by atoms with Gasteiger partial charge >= 0.3 is 0 Å². The molecule has 0 amide bonds. The minimum absolute atomic E-state index is 0.200. The van der Waals surface area contributed by atoms with Crippen LogP contribution in [0.5, 0.6) is 0 Å². The summed E-state index contributed by atoms with van der Waals surface area (Å²) >= 11 is 12.6. The molecule has 0 saturated heterocycles. The van der Waals surface area contributed by atoms with Crippen molar-refractivity contribution in [1.82, 2.24) is 0 Å². The maximum Gasteiger partial charge on any atom is 0.129 e. The zero-order valence-electron chi connectivity index (χ0n) is 5.59. The number of carbonyl (C=O) groups excluding carboxylic acids is 1. The van der Waals surface area contributed by atoms with Crippen LogP contribution in [-0.2, 0) is 4.79 Å². The molecule has 1 atom stereocenters. The summed E-state index contributed by atoms with van der Waals surface area (Å²) in [6, 6.07) is 3.60. The second-order valence-electron chi connectivity index (χ2n) is 2.04. The van der Waals surface area contributed by atoms with E-state index in [9.17, 15) is 4.79 Å². The molecule has 0 aliphatic heterocycles. The van der Waals surface area contributed by atoms with E-state index in [4.69, 9.17) is 23.2 Å². The molecule has 0 aromatic carbocycles. The van der Waals surface area contributed by atoms with Crippen LogP contribution in [0.2, 0.25) is 4.34 Å². The van der Waals surface area contributed by atoms with Crippen molar-refractivity contribution in [2.45, 2.75) is 5.92 Å². The van der Waals surface area contributed by atoms with Gasteiger partial charge in [0, 0.05) is 10.8 Å². The van der Waals surface area contributed by atoms with Crippen LogP contribution in [-0.4, -0.2) is 12.2 Å². The van der Waals surface area contributed by atoms with Crippen LogP contribution in [0.15, 0.2) is 12.1 Å². The van der Waals surface area contributed by atoms with Crippen molar-refractivity contribution in [3.8, 4) is 0 Å². The van der Waals surface area contributed by atoms with E-state index in [1.54, 1.807) is 6.07 Å². The highest BCUT2D eigenvalue weighted by molar-refractivity contribution is 7.16. The molecule has 60 valence electrons. The molecule has 0 fully saturated rings. The summed E-state index contributed by atoms with van der Waals surface area (Å²) in [5.41, 5.74) is 0. The highest BCUT2D eigenvalue weighted by Crippen LogP contribution is 2.27. The zero-order valence-corrected chi connectivity index (χ0v) is 7.92. The van der Waals surface area contributed by atoms with Gasteiger partial charge in [-0.15, -0.1) is 22.9 Å². The molecule has 1 rings (SSSR count). The van der Waals surface area contributed by atoms with E-state index >= 15 is 0 Å². The Hall–Kier alpha value is -0.0500. The van der Waals surface area contributed by atoms with Crippen LogP contribution in [0.3, 0.4) is 0 Å². The van der Waals surface area contributed by atoms with E-state index in [2.05, 4.69) is 0 Å². The number of hydrogen-bond donors (Lipinski definition) is 0. The lowest BCUT2D eigenvalue weighted by atomic mass is 10.2. The van der Waals surface area contributed by atoms with Gasteiger partial charge in [0.25, 0.3) is 0 Å². The number of carbonyl (C=O) groups is 1. The van der Waals surface area contributed by atoms with Gasteiger partial charge in [-0.2, -0.15) is 0 Å². The fraction of sp³-hybridized carbons (Fsp3) is 0.286. The average molecular weight is 209 g/mol. The predicted molar refractivity (Wildman–Crippen MR) is 48.9 cm³/mol. The molecular formula is C7H6Cl2OS. The fourth-order valence-electron chi connectivity index (χ4n) is 0.707. The summed E-state index contributed by atoms with van der Waals surface area (Å²) in [6.07, 6.45) is 0.842. The Morgan fingerprint density at radius 2 is 2.36 bits per heavy atom. The van der Waals surface area contributed by atoms with Crippen molar-refractivity contribution in [2.75, 3.05) is 5.88 Å². The minimum atomic E-state index is -0.200. The summed E-state index contributed by atoms with van der Waals surface area (Å²) in [7, 11) is 0. The van der Waals surface area contributed by atoms with Crippen LogP contribution in [0, 0.1) is 0 Å². The van der Waals surface area contributed by atoms with Crippen molar-refractivity contribution < 1.29 is 4.79 Å². The first-order valence-electron chi connectivity index (χ1n) is 3.04. The molecule has 0 N–H and O–H groups in total. The van der Waals surface area contributed by atoms with E-state index in [1.165, 1.54) is 11.3 Å². The first-order chi connectivity index (χ1) is 5.27. The Kier molecular flexibility index (Phi) is 3.37. The molecule has 0 bridgehead atoms. The van der Waals surface area contributed by atoms with Gasteiger partial charge in [0.15, 0.2) is 0 Å². The average Bonchev–Trinajstić information content (AvgIpc) is 2.39.